The predicted molar refractivity (Wildman–Crippen MR) is 504 cm³/mol. The molecule has 7 heterocycles. The summed E-state index contributed by atoms with van der Waals surface area (Å²) in [5.74, 6) is 3.58. The Hall–Kier alpha value is -12.1. The van der Waals surface area contributed by atoms with E-state index in [0.717, 1.165) is 62.6 Å². The maximum absolute atomic E-state index is 14.2. The van der Waals surface area contributed by atoms with Crippen LogP contribution in [0, 0.1) is 0 Å². The molecule has 5 N–H and O–H groups in total. The minimum Gasteiger partial charge on any atom is -0.495 e. The van der Waals surface area contributed by atoms with Crippen LogP contribution in [-0.2, 0) is 56.5 Å². The van der Waals surface area contributed by atoms with Crippen LogP contribution in [0.1, 0.15) is 100.0 Å². The van der Waals surface area contributed by atoms with Gasteiger partial charge in [-0.2, -0.15) is 15.0 Å². The molecule has 690 valence electrons. The topological polar surface area (TPSA) is 357 Å². The van der Waals surface area contributed by atoms with Crippen LogP contribution in [0.25, 0.3) is 0 Å². The second kappa shape index (κ2) is 43.6. The van der Waals surface area contributed by atoms with Gasteiger partial charge >= 0.3 is 24.2 Å². The number of amides is 9. The lowest BCUT2D eigenvalue weighted by Crippen LogP contribution is -2.50. The number of hydrogen-bond acceptors (Lipinski definition) is 25. The normalized spacial score (nSPS) is 17.1. The molecule has 2 saturated carbocycles. The Morgan fingerprint density at radius 3 is 1.33 bits per heavy atom. The highest BCUT2D eigenvalue weighted by molar-refractivity contribution is 6.44. The number of anilines is 11. The third-order valence-electron chi connectivity index (χ3n) is 22.4. The van der Waals surface area contributed by atoms with Gasteiger partial charge in [-0.05, 0) is 94.0 Å². The van der Waals surface area contributed by atoms with Gasteiger partial charge in [-0.3, -0.25) is 43.8 Å². The van der Waals surface area contributed by atoms with E-state index in [1.54, 1.807) is 60.7 Å². The summed E-state index contributed by atoms with van der Waals surface area (Å²) in [6, 6.07) is 18.6. The largest absolute Gasteiger partial charge is 0.495 e. The number of nitrogens with zero attached hydrogens (tertiary/aromatic N) is 14. The first-order valence-corrected chi connectivity index (χ1v) is 44.0. The Labute approximate surface area is 783 Å². The lowest BCUT2D eigenvalue weighted by Gasteiger charge is -2.37. The summed E-state index contributed by atoms with van der Waals surface area (Å²) in [6.45, 7) is 19.6. The van der Waals surface area contributed by atoms with Gasteiger partial charge in [0, 0.05) is 136 Å². The molecular formula is C90H103Cl6N19O15. The molecule has 2 aliphatic carbocycles. The highest BCUT2D eigenvalue weighted by Crippen LogP contribution is 2.52. The monoisotopic (exact) mass is 1900 g/mol. The van der Waals surface area contributed by atoms with Crippen molar-refractivity contribution in [2.24, 2.45) is 0 Å². The average Bonchev–Trinajstić information content (AvgIpc) is 0.759. The van der Waals surface area contributed by atoms with Crippen molar-refractivity contribution in [1.82, 2.24) is 45.4 Å². The predicted octanol–water partition coefficient (Wildman–Crippen LogP) is 16.9. The van der Waals surface area contributed by atoms with Gasteiger partial charge in [0.2, 0.25) is 29.7 Å². The van der Waals surface area contributed by atoms with E-state index in [0.29, 0.717) is 118 Å². The zero-order valence-electron chi connectivity index (χ0n) is 73.8. The molecule has 34 nitrogen and oxygen atoms in total. The molecule has 14 rings (SSSR count). The Bertz CT molecular complexity index is 5490. The number of nitrogens with one attached hydrogen (secondary N) is 5. The molecule has 3 aromatic heterocycles. The van der Waals surface area contributed by atoms with Gasteiger partial charge in [0.05, 0.1) is 99.1 Å². The van der Waals surface area contributed by atoms with Crippen molar-refractivity contribution in [1.29, 1.82) is 0 Å². The molecule has 40 heteroatoms. The van der Waals surface area contributed by atoms with Crippen molar-refractivity contribution in [3.63, 3.8) is 0 Å². The molecule has 130 heavy (non-hydrogen) atoms. The molecule has 4 aliphatic heterocycles. The number of fused-ring (bicyclic) bond motifs is 3. The fourth-order valence-electron chi connectivity index (χ4n) is 15.8. The number of carbonyl (C=O) groups is 7. The van der Waals surface area contributed by atoms with E-state index in [1.165, 1.54) is 85.4 Å². The van der Waals surface area contributed by atoms with Crippen molar-refractivity contribution in [3.8, 4) is 34.5 Å². The van der Waals surface area contributed by atoms with Crippen LogP contribution in [-0.4, -0.2) is 203 Å². The summed E-state index contributed by atoms with van der Waals surface area (Å²) in [5.41, 5.74) is 5.39. The van der Waals surface area contributed by atoms with Gasteiger partial charge < -0.3 is 74.3 Å². The number of carbonyl (C=O) groups excluding carboxylic acids is 7. The van der Waals surface area contributed by atoms with E-state index in [-0.39, 0.29) is 153 Å². The summed E-state index contributed by atoms with van der Waals surface area (Å²) in [7, 11) is 12.0. The number of ketones is 1. The third-order valence-corrected chi connectivity index (χ3v) is 24.5. The summed E-state index contributed by atoms with van der Waals surface area (Å²) >= 11 is 39.9. The molecule has 8 aromatic rings. The Morgan fingerprint density at radius 1 is 0.500 bits per heavy atom. The van der Waals surface area contributed by atoms with E-state index < -0.39 is 17.7 Å². The maximum Gasteiger partial charge on any atom is 0.410 e. The summed E-state index contributed by atoms with van der Waals surface area (Å²) in [6.07, 6.45) is 16.0. The number of aromatic nitrogens is 6. The average molecular weight is 1900 g/mol. The standard InChI is InChI=1S/C34H39Cl2N7O6.C30H32Cl2N6O4.C26H32Cl2N6O5/c1-8-23(44)16-20-15-22(41-11-13-42(14-12-41)33(46)49-34(2,3)4)9-10-24(20)38-31-37-18-21-19-43(32(45)40(5)30(21)39-31)29-27(35)25(47-6)17-26(48-7)28(29)36;1-4-24(39)34-20-12-8-9-13-21(20)35-29-33-15-19-17-37(27-25(31)22(41-2)14-23(42-3)26(27)32)30(40)38(28(19)36-29)16-18-10-6-5-7-11-18;1-5-20(35)30-16-8-6-7-9-17(16)31-25-29-13-15-14-34(26(36)33(10-11-37-2)24(15)32-25)23-21(27)18(38-3)12-19(39-4)22(23)28/h8-10,15,17-18H,1,11-14,16,19H2,2-7H3,(H,37,38,39);4-7,10-11,14-15,20-21H,1,8-9,12-13,16-17H2,2-3H3,(H,34,39)(H,33,35,36);5,12-13,16-17H,1,6-11,14H2,2-4H3,(H,30,35)(H,29,31,32). The summed E-state index contributed by atoms with van der Waals surface area (Å²) < 4.78 is 43.2. The lowest BCUT2D eigenvalue weighted by atomic mass is 9.90. The van der Waals surface area contributed by atoms with Gasteiger partial charge in [-0.25, -0.2) is 34.1 Å². The molecule has 6 aliphatic rings. The second-order valence-electron chi connectivity index (χ2n) is 31.8. The molecule has 1 saturated heterocycles. The lowest BCUT2D eigenvalue weighted by molar-refractivity contribution is -0.118. The van der Waals surface area contributed by atoms with Gasteiger partial charge in [0.1, 0.15) is 87.7 Å². The van der Waals surface area contributed by atoms with E-state index >= 15 is 0 Å². The quantitative estimate of drug-likeness (QED) is 0.0284. The van der Waals surface area contributed by atoms with Crippen molar-refractivity contribution >= 4 is 175 Å². The molecule has 0 radical (unpaired) electrons. The van der Waals surface area contributed by atoms with E-state index in [4.69, 9.17) is 117 Å². The number of benzene rings is 5. The van der Waals surface area contributed by atoms with Crippen LogP contribution in [0.2, 0.25) is 30.1 Å². The molecular weight excluding hydrogens is 1800 g/mol. The molecule has 0 spiro atoms. The Balaban J connectivity index is 0.000000178. The molecule has 4 atom stereocenters. The van der Waals surface area contributed by atoms with Crippen LogP contribution in [0.3, 0.4) is 0 Å². The zero-order valence-corrected chi connectivity index (χ0v) is 78.4. The van der Waals surface area contributed by atoms with Crippen molar-refractivity contribution in [2.45, 2.75) is 135 Å². The summed E-state index contributed by atoms with van der Waals surface area (Å²) in [5, 5.41) is 17.0. The third kappa shape index (κ3) is 22.2. The van der Waals surface area contributed by atoms with Crippen molar-refractivity contribution in [3.05, 3.63) is 181 Å². The smallest absolute Gasteiger partial charge is 0.410 e. The van der Waals surface area contributed by atoms with Crippen LogP contribution >= 0.6 is 69.6 Å². The van der Waals surface area contributed by atoms with E-state index in [9.17, 15) is 33.6 Å². The van der Waals surface area contributed by atoms with Gasteiger partial charge in [-0.15, -0.1) is 0 Å². The van der Waals surface area contributed by atoms with E-state index in [2.05, 4.69) is 71.2 Å². The fourth-order valence-corrected chi connectivity index (χ4v) is 17.9. The Kier molecular flexibility index (Phi) is 32.5. The van der Waals surface area contributed by atoms with Gasteiger partial charge in [0.15, 0.2) is 5.78 Å². The minimum absolute atomic E-state index is 0.0641. The van der Waals surface area contributed by atoms with Crippen molar-refractivity contribution in [2.75, 3.05) is 146 Å². The summed E-state index contributed by atoms with van der Waals surface area (Å²) in [4.78, 5) is 131. The number of urea groups is 3. The fraction of sp³-hybridized carbons (Fsp3) is 0.389. The number of methoxy groups -OCH3 is 7. The van der Waals surface area contributed by atoms with Crippen LogP contribution < -0.4 is 89.3 Å². The Morgan fingerprint density at radius 2 is 0.908 bits per heavy atom. The number of ether oxygens (including phenoxy) is 8. The first-order valence-electron chi connectivity index (χ1n) is 41.7. The van der Waals surface area contributed by atoms with E-state index in [1.807, 2.05) is 69.3 Å². The van der Waals surface area contributed by atoms with Crippen LogP contribution in [0.5, 0.6) is 34.5 Å². The number of hydrogen-bond donors (Lipinski definition) is 5. The molecule has 9 amide bonds. The molecule has 5 aromatic carbocycles. The second-order valence-corrected chi connectivity index (χ2v) is 34.0. The minimum atomic E-state index is -0.565. The number of halogens is 6. The molecule has 4 unspecified atom stereocenters. The SMILES string of the molecule is C=CC(=O)Cc1cc(N2CCN(C(=O)OC(C)(C)C)CC2)ccc1Nc1ncc2c(n1)N(C)C(=O)N(c1c(Cl)c(OC)cc(OC)c1Cl)C2.C=CC(=O)NC1CCCCC1Nc1ncc2c(n1)N(CCOC)C(=O)N(c1c(Cl)c(OC)cc(OC)c1Cl)C2.C=CC(=O)NC1CCCCC1Nc1ncc2c(n1)N(Cc1ccccc1)C(=O)N(c1c(Cl)c(OC)cc(OC)c1Cl)C2. The highest BCUT2D eigenvalue weighted by Gasteiger charge is 2.42. The van der Waals surface area contributed by atoms with Crippen LogP contribution in [0.15, 0.2) is 123 Å². The van der Waals surface area contributed by atoms with Gasteiger partial charge in [-0.1, -0.05) is 145 Å². The molecule has 3 fully saturated rings. The van der Waals surface area contributed by atoms with Crippen molar-refractivity contribution < 1.29 is 71.5 Å². The number of piperazine rings is 1. The van der Waals surface area contributed by atoms with Gasteiger partial charge in [0.25, 0.3) is 0 Å². The molecule has 0 bridgehead atoms. The maximum atomic E-state index is 14.2. The number of allylic oxidation sites excluding steroid dienone is 1. The first-order chi connectivity index (χ1) is 62.4. The first kappa shape index (κ1) is 97.0. The zero-order chi connectivity index (χ0) is 93.5. The number of rotatable bonds is 28. The van der Waals surface area contributed by atoms with Crippen LogP contribution in [0.4, 0.5) is 82.9 Å². The highest BCUT2D eigenvalue weighted by atomic mass is 35.5.